The van der Waals surface area contributed by atoms with Gasteiger partial charge >= 0.3 is 0 Å². The maximum Gasteiger partial charge on any atom is 0.251 e. The van der Waals surface area contributed by atoms with Crippen molar-refractivity contribution in [3.63, 3.8) is 0 Å². The van der Waals surface area contributed by atoms with E-state index in [0.717, 1.165) is 10.1 Å². The number of fused-ring (bicyclic) bond motifs is 1. The predicted molar refractivity (Wildman–Crippen MR) is 105 cm³/mol. The Kier molecular flexibility index (Phi) is 5.11. The number of carbonyl (C=O) groups is 2. The number of Topliss-reactive ketones (excluding diaryl/α,β-unsaturated/α-hetero) is 1. The highest BCUT2D eigenvalue weighted by Gasteiger charge is 2.30. The molecule has 29 heavy (non-hydrogen) atoms. The van der Waals surface area contributed by atoms with Gasteiger partial charge in [-0.05, 0) is 23.8 Å². The van der Waals surface area contributed by atoms with Crippen LogP contribution >= 0.6 is 0 Å². The largest absolute Gasteiger partial charge is 0.454 e. The van der Waals surface area contributed by atoms with Gasteiger partial charge in [0, 0.05) is 24.4 Å². The minimum Gasteiger partial charge on any atom is -0.454 e. The van der Waals surface area contributed by atoms with E-state index >= 15 is 0 Å². The zero-order chi connectivity index (χ0) is 20.2. The molecule has 0 aliphatic carbocycles. The molecule has 0 saturated heterocycles. The van der Waals surface area contributed by atoms with Crippen molar-refractivity contribution in [1.29, 1.82) is 0 Å². The van der Waals surface area contributed by atoms with Crippen LogP contribution in [-0.2, 0) is 11.3 Å². The predicted octanol–water partition coefficient (Wildman–Crippen LogP) is 2.32. The Morgan fingerprint density at radius 1 is 0.966 bits per heavy atom. The van der Waals surface area contributed by atoms with Crippen molar-refractivity contribution in [3.05, 3.63) is 94.4 Å². The fraction of sp³-hybridized carbons (Fsp3) is 0.136. The number of hydrogen-bond donors (Lipinski definition) is 1. The normalized spacial score (nSPS) is 13.0. The van der Waals surface area contributed by atoms with Gasteiger partial charge in [-0.3, -0.25) is 19.0 Å². The van der Waals surface area contributed by atoms with Crippen molar-refractivity contribution in [2.75, 3.05) is 6.79 Å². The summed E-state index contributed by atoms with van der Waals surface area (Å²) in [6.07, 6.45) is 1.44. The molecular weight excluding hydrogens is 372 g/mol. The van der Waals surface area contributed by atoms with Crippen LogP contribution in [0.15, 0.2) is 77.7 Å². The van der Waals surface area contributed by atoms with Gasteiger partial charge in [0.1, 0.15) is 0 Å². The lowest BCUT2D eigenvalue weighted by Gasteiger charge is -2.18. The molecule has 7 nitrogen and oxygen atoms in total. The number of ether oxygens (including phenoxy) is 2. The first kappa shape index (κ1) is 18.5. The number of aromatic nitrogens is 1. The summed E-state index contributed by atoms with van der Waals surface area (Å²) in [6.45, 7) is 0.339. The average Bonchev–Trinajstić information content (AvgIpc) is 3.22. The summed E-state index contributed by atoms with van der Waals surface area (Å²) in [7, 11) is 0. The van der Waals surface area contributed by atoms with E-state index in [1.807, 2.05) is 0 Å². The summed E-state index contributed by atoms with van der Waals surface area (Å²) in [5.74, 6) is 0.230. The van der Waals surface area contributed by atoms with Crippen LogP contribution in [0.3, 0.4) is 0 Å². The van der Waals surface area contributed by atoms with Crippen LogP contribution in [0.1, 0.15) is 22.0 Å². The third-order valence-corrected chi connectivity index (χ3v) is 4.59. The molecule has 3 aromatic rings. The van der Waals surface area contributed by atoms with Gasteiger partial charge in [0.05, 0.1) is 0 Å². The van der Waals surface area contributed by atoms with Crippen LogP contribution in [0.2, 0.25) is 0 Å². The van der Waals surface area contributed by atoms with Gasteiger partial charge in [-0.1, -0.05) is 42.5 Å². The fourth-order valence-corrected chi connectivity index (χ4v) is 3.12. The van der Waals surface area contributed by atoms with Crippen LogP contribution in [-0.4, -0.2) is 23.1 Å². The molecule has 0 spiro atoms. The van der Waals surface area contributed by atoms with Crippen LogP contribution in [0, 0.1) is 0 Å². The molecule has 7 heteroatoms. The molecule has 1 aromatic heterocycles. The summed E-state index contributed by atoms with van der Waals surface area (Å²) >= 11 is 0. The van der Waals surface area contributed by atoms with Crippen LogP contribution in [0.4, 0.5) is 0 Å². The number of amides is 1. The van der Waals surface area contributed by atoms with Crippen molar-refractivity contribution in [2.24, 2.45) is 0 Å². The molecule has 1 unspecified atom stereocenters. The van der Waals surface area contributed by atoms with E-state index in [4.69, 9.17) is 9.47 Å². The quantitative estimate of drug-likeness (QED) is 0.516. The van der Waals surface area contributed by atoms with Crippen LogP contribution in [0.5, 0.6) is 11.5 Å². The van der Waals surface area contributed by atoms with Crippen molar-refractivity contribution < 1.29 is 19.1 Å². The van der Waals surface area contributed by atoms with Gasteiger partial charge in [0.15, 0.2) is 23.3 Å². The highest BCUT2D eigenvalue weighted by molar-refractivity contribution is 6.11. The van der Waals surface area contributed by atoms with Crippen molar-refractivity contribution in [2.45, 2.75) is 12.6 Å². The minimum absolute atomic E-state index is 0.162. The van der Waals surface area contributed by atoms with E-state index in [-0.39, 0.29) is 13.3 Å². The number of pyridine rings is 1. The highest BCUT2D eigenvalue weighted by Crippen LogP contribution is 2.32. The number of ketones is 1. The first-order chi connectivity index (χ1) is 14.1. The average molecular weight is 390 g/mol. The Morgan fingerprint density at radius 2 is 1.72 bits per heavy atom. The Bertz CT molecular complexity index is 1110. The van der Waals surface area contributed by atoms with Gasteiger partial charge in [-0.15, -0.1) is 0 Å². The van der Waals surface area contributed by atoms with Gasteiger partial charge in [0.2, 0.25) is 6.79 Å². The molecule has 1 atom stereocenters. The molecule has 0 radical (unpaired) electrons. The fourth-order valence-electron chi connectivity index (χ4n) is 3.12. The Morgan fingerprint density at radius 3 is 2.52 bits per heavy atom. The SMILES string of the molecule is O=C(NCc1ccc2c(c1)OCO2)C(C(=O)c1ccccc1)n1ccccc1=O. The van der Waals surface area contributed by atoms with E-state index in [2.05, 4.69) is 5.32 Å². The lowest BCUT2D eigenvalue weighted by atomic mass is 10.0. The number of nitrogens with zero attached hydrogens (tertiary/aromatic N) is 1. The van der Waals surface area contributed by atoms with E-state index in [1.165, 1.54) is 12.3 Å². The third-order valence-electron chi connectivity index (χ3n) is 4.59. The Balaban J connectivity index is 1.59. The van der Waals surface area contributed by atoms with Gasteiger partial charge in [0.25, 0.3) is 11.5 Å². The lowest BCUT2D eigenvalue weighted by molar-refractivity contribution is -0.123. The molecule has 1 aliphatic rings. The van der Waals surface area contributed by atoms with Crippen molar-refractivity contribution >= 4 is 11.7 Å². The molecule has 0 saturated carbocycles. The maximum atomic E-state index is 13.0. The Labute approximate surface area is 166 Å². The second kappa shape index (κ2) is 8.02. The molecule has 0 bridgehead atoms. The highest BCUT2D eigenvalue weighted by atomic mass is 16.7. The molecule has 2 heterocycles. The lowest BCUT2D eigenvalue weighted by Crippen LogP contribution is -2.41. The molecule has 0 fully saturated rings. The number of hydrogen-bond acceptors (Lipinski definition) is 5. The molecule has 1 aliphatic heterocycles. The van der Waals surface area contributed by atoms with Crippen LogP contribution in [0.25, 0.3) is 0 Å². The van der Waals surface area contributed by atoms with E-state index in [1.54, 1.807) is 60.7 Å². The Hall–Kier alpha value is -3.87. The van der Waals surface area contributed by atoms with E-state index in [9.17, 15) is 14.4 Å². The number of rotatable bonds is 6. The summed E-state index contributed by atoms with van der Waals surface area (Å²) in [6, 6.07) is 17.0. The second-order valence-corrected chi connectivity index (χ2v) is 6.48. The standard InChI is InChI=1S/C22H18N2O5/c25-19-8-4-5-11-24(19)20(21(26)16-6-2-1-3-7-16)22(27)23-13-15-9-10-17-18(12-15)29-14-28-17/h1-12,20H,13-14H2,(H,23,27). The number of nitrogens with one attached hydrogen (secondary N) is 1. The van der Waals surface area contributed by atoms with Gasteiger partial charge in [-0.2, -0.15) is 0 Å². The second-order valence-electron chi connectivity index (χ2n) is 6.48. The molecular formula is C22H18N2O5. The molecule has 4 rings (SSSR count). The zero-order valence-corrected chi connectivity index (χ0v) is 15.4. The first-order valence-electron chi connectivity index (χ1n) is 9.06. The summed E-state index contributed by atoms with van der Waals surface area (Å²) in [4.78, 5) is 38.3. The molecule has 1 amide bonds. The topological polar surface area (TPSA) is 86.6 Å². The third kappa shape index (κ3) is 3.89. The van der Waals surface area contributed by atoms with Crippen molar-refractivity contribution in [3.8, 4) is 11.5 Å². The molecule has 2 aromatic carbocycles. The number of benzene rings is 2. The molecule has 1 N–H and O–H groups in total. The minimum atomic E-state index is -1.31. The van der Waals surface area contributed by atoms with Crippen LogP contribution < -0.4 is 20.3 Å². The molecule has 146 valence electrons. The van der Waals surface area contributed by atoms with E-state index < -0.39 is 23.3 Å². The van der Waals surface area contributed by atoms with Gasteiger partial charge in [-0.25, -0.2) is 0 Å². The summed E-state index contributed by atoms with van der Waals surface area (Å²) in [5, 5.41) is 2.75. The zero-order valence-electron chi connectivity index (χ0n) is 15.4. The maximum absolute atomic E-state index is 13.0. The monoisotopic (exact) mass is 390 g/mol. The van der Waals surface area contributed by atoms with Gasteiger partial charge < -0.3 is 14.8 Å². The van der Waals surface area contributed by atoms with E-state index in [0.29, 0.717) is 17.1 Å². The summed E-state index contributed by atoms with van der Waals surface area (Å²) < 4.78 is 11.8. The van der Waals surface area contributed by atoms with Crippen molar-refractivity contribution in [1.82, 2.24) is 9.88 Å². The smallest absolute Gasteiger partial charge is 0.251 e. The first-order valence-corrected chi connectivity index (χ1v) is 9.06. The summed E-state index contributed by atoms with van der Waals surface area (Å²) in [5.41, 5.74) is 0.709. The number of carbonyl (C=O) groups excluding carboxylic acids is 2.